The molecule has 0 aliphatic carbocycles. The summed E-state index contributed by atoms with van der Waals surface area (Å²) < 4.78 is 1.20. The molecule has 4 N–H and O–H groups in total. The van der Waals surface area contributed by atoms with Gasteiger partial charge >= 0.3 is 0 Å². The highest BCUT2D eigenvalue weighted by Crippen LogP contribution is 2.17. The zero-order valence-electron chi connectivity index (χ0n) is 7.70. The molecule has 1 rings (SSSR count). The predicted molar refractivity (Wildman–Crippen MR) is 64.4 cm³/mol. The van der Waals surface area contributed by atoms with Crippen molar-refractivity contribution in [3.63, 3.8) is 0 Å². The van der Waals surface area contributed by atoms with E-state index in [9.17, 15) is 0 Å². The van der Waals surface area contributed by atoms with Crippen molar-refractivity contribution in [3.05, 3.63) is 33.4 Å². The van der Waals surface area contributed by atoms with E-state index >= 15 is 0 Å². The molecule has 1 aromatic rings. The Labute approximate surface area is 92.8 Å². The van der Waals surface area contributed by atoms with Crippen molar-refractivity contribution in [1.29, 1.82) is 0 Å². The Bertz CT molecular complexity index is 275. The largest absolute Gasteiger partial charge is 0.326 e. The summed E-state index contributed by atoms with van der Waals surface area (Å²) in [6.07, 6.45) is 0.909. The van der Waals surface area contributed by atoms with Crippen LogP contribution in [0.2, 0.25) is 0 Å². The highest BCUT2D eigenvalue weighted by atomic mass is 127. The van der Waals surface area contributed by atoms with E-state index in [0.717, 1.165) is 12.0 Å². The van der Waals surface area contributed by atoms with Gasteiger partial charge in [0.05, 0.1) is 0 Å². The van der Waals surface area contributed by atoms with Gasteiger partial charge in [0.2, 0.25) is 0 Å². The first kappa shape index (κ1) is 10.9. The highest BCUT2D eigenvalue weighted by molar-refractivity contribution is 14.1. The van der Waals surface area contributed by atoms with Crippen LogP contribution in [0.5, 0.6) is 0 Å². The normalized spacial score (nSPS) is 15.4. The molecule has 0 saturated carbocycles. The Kier molecular flexibility index (Phi) is 4.15. The van der Waals surface area contributed by atoms with Gasteiger partial charge in [0.15, 0.2) is 0 Å². The van der Waals surface area contributed by atoms with Gasteiger partial charge in [0.1, 0.15) is 0 Å². The van der Waals surface area contributed by atoms with Gasteiger partial charge in [-0.25, -0.2) is 0 Å². The summed E-state index contributed by atoms with van der Waals surface area (Å²) in [7, 11) is 0. The van der Waals surface area contributed by atoms with Gasteiger partial charge in [0.25, 0.3) is 0 Å². The number of rotatable bonds is 3. The highest BCUT2D eigenvalue weighted by Gasteiger charge is 2.12. The Hall–Kier alpha value is -0.130. The zero-order chi connectivity index (χ0) is 9.84. The summed E-state index contributed by atoms with van der Waals surface area (Å²) in [5.74, 6) is 0. The lowest BCUT2D eigenvalue weighted by Crippen LogP contribution is -2.33. The van der Waals surface area contributed by atoms with Crippen molar-refractivity contribution in [2.45, 2.75) is 25.4 Å². The van der Waals surface area contributed by atoms with Crippen LogP contribution in [-0.4, -0.2) is 6.04 Å². The Morgan fingerprint density at radius 3 is 2.62 bits per heavy atom. The van der Waals surface area contributed by atoms with E-state index in [0.29, 0.717) is 0 Å². The smallest absolute Gasteiger partial charge is 0.0448 e. The van der Waals surface area contributed by atoms with Crippen LogP contribution in [0.15, 0.2) is 24.3 Å². The van der Waals surface area contributed by atoms with Crippen LogP contribution in [0, 0.1) is 3.57 Å². The summed E-state index contributed by atoms with van der Waals surface area (Å²) in [4.78, 5) is 0. The monoisotopic (exact) mass is 290 g/mol. The summed E-state index contributed by atoms with van der Waals surface area (Å²) in [5, 5.41) is 0. The van der Waals surface area contributed by atoms with Crippen molar-refractivity contribution in [1.82, 2.24) is 0 Å². The van der Waals surface area contributed by atoms with Crippen molar-refractivity contribution in [2.75, 3.05) is 0 Å². The Morgan fingerprint density at radius 1 is 1.38 bits per heavy atom. The maximum atomic E-state index is 5.99. The minimum absolute atomic E-state index is 0.0419. The van der Waals surface area contributed by atoms with Gasteiger partial charge in [-0.05, 0) is 46.7 Å². The van der Waals surface area contributed by atoms with Crippen molar-refractivity contribution >= 4 is 22.6 Å². The molecule has 0 spiro atoms. The molecule has 0 unspecified atom stereocenters. The molecule has 0 amide bonds. The molecule has 0 aliphatic heterocycles. The van der Waals surface area contributed by atoms with Crippen molar-refractivity contribution in [3.8, 4) is 0 Å². The summed E-state index contributed by atoms with van der Waals surface area (Å²) in [6.45, 7) is 2.05. The molecular weight excluding hydrogens is 275 g/mol. The van der Waals surface area contributed by atoms with Crippen molar-refractivity contribution in [2.24, 2.45) is 11.5 Å². The fourth-order valence-electron chi connectivity index (χ4n) is 1.22. The lowest BCUT2D eigenvalue weighted by Gasteiger charge is -2.18. The van der Waals surface area contributed by atoms with Gasteiger partial charge in [-0.3, -0.25) is 0 Å². The van der Waals surface area contributed by atoms with Crippen LogP contribution in [0.25, 0.3) is 0 Å². The summed E-state index contributed by atoms with van der Waals surface area (Å²) in [6, 6.07) is 8.19. The minimum Gasteiger partial charge on any atom is -0.326 e. The SMILES string of the molecule is CC[C@H](N)[C@@H](N)c1cccc(I)c1. The fraction of sp³-hybridized carbons (Fsp3) is 0.400. The molecular formula is C10H15IN2. The van der Waals surface area contributed by atoms with E-state index in [1.807, 2.05) is 18.2 Å². The van der Waals surface area contributed by atoms with E-state index in [1.165, 1.54) is 3.57 Å². The molecule has 1 aromatic carbocycles. The van der Waals surface area contributed by atoms with Gasteiger partial charge < -0.3 is 11.5 Å². The van der Waals surface area contributed by atoms with Gasteiger partial charge in [0, 0.05) is 15.7 Å². The van der Waals surface area contributed by atoms with E-state index in [2.05, 4.69) is 35.6 Å². The van der Waals surface area contributed by atoms with Gasteiger partial charge in [-0.15, -0.1) is 0 Å². The first-order chi connectivity index (χ1) is 6.15. The molecule has 0 fully saturated rings. The van der Waals surface area contributed by atoms with Crippen LogP contribution in [-0.2, 0) is 0 Å². The topological polar surface area (TPSA) is 52.0 Å². The second kappa shape index (κ2) is 4.93. The predicted octanol–water partition coefficient (Wildman–Crippen LogP) is 2.03. The second-order valence-corrected chi connectivity index (χ2v) is 4.40. The maximum absolute atomic E-state index is 5.99. The van der Waals surface area contributed by atoms with Crippen LogP contribution >= 0.6 is 22.6 Å². The molecule has 72 valence electrons. The standard InChI is InChI=1S/C10H15IN2/c1-2-9(12)10(13)7-4-3-5-8(11)6-7/h3-6,9-10H,2,12-13H2,1H3/t9-,10-/m0/s1. The molecule has 0 aromatic heterocycles. The molecule has 2 nitrogen and oxygen atoms in total. The first-order valence-electron chi connectivity index (χ1n) is 4.41. The van der Waals surface area contributed by atoms with Crippen LogP contribution in [0.1, 0.15) is 24.9 Å². The van der Waals surface area contributed by atoms with Gasteiger partial charge in [-0.1, -0.05) is 19.1 Å². The zero-order valence-corrected chi connectivity index (χ0v) is 9.86. The Morgan fingerprint density at radius 2 is 2.08 bits per heavy atom. The number of halogens is 1. The number of hydrogen-bond donors (Lipinski definition) is 2. The quantitative estimate of drug-likeness (QED) is 0.837. The summed E-state index contributed by atoms with van der Waals surface area (Å²) >= 11 is 2.28. The molecule has 3 heteroatoms. The average molecular weight is 290 g/mol. The molecule has 0 bridgehead atoms. The Balaban J connectivity index is 2.82. The average Bonchev–Trinajstić information content (AvgIpc) is 2.15. The summed E-state index contributed by atoms with van der Waals surface area (Å²) in [5.41, 5.74) is 13.0. The molecule has 13 heavy (non-hydrogen) atoms. The lowest BCUT2D eigenvalue weighted by molar-refractivity contribution is 0.532. The first-order valence-corrected chi connectivity index (χ1v) is 5.49. The number of nitrogens with two attached hydrogens (primary N) is 2. The van der Waals surface area contributed by atoms with E-state index in [1.54, 1.807) is 0 Å². The van der Waals surface area contributed by atoms with Crippen LogP contribution < -0.4 is 11.5 Å². The second-order valence-electron chi connectivity index (χ2n) is 3.15. The molecule has 2 atom stereocenters. The lowest BCUT2D eigenvalue weighted by atomic mass is 9.99. The van der Waals surface area contributed by atoms with E-state index in [-0.39, 0.29) is 12.1 Å². The molecule has 0 saturated heterocycles. The van der Waals surface area contributed by atoms with Gasteiger partial charge in [-0.2, -0.15) is 0 Å². The van der Waals surface area contributed by atoms with E-state index in [4.69, 9.17) is 11.5 Å². The molecule has 0 aliphatic rings. The number of hydrogen-bond acceptors (Lipinski definition) is 2. The molecule has 0 heterocycles. The van der Waals surface area contributed by atoms with Crippen molar-refractivity contribution < 1.29 is 0 Å². The third-order valence-corrected chi connectivity index (χ3v) is 2.84. The third-order valence-electron chi connectivity index (χ3n) is 2.17. The number of benzene rings is 1. The molecule has 0 radical (unpaired) electrons. The fourth-order valence-corrected chi connectivity index (χ4v) is 1.78. The van der Waals surface area contributed by atoms with Crippen LogP contribution in [0.3, 0.4) is 0 Å². The third kappa shape index (κ3) is 2.93. The van der Waals surface area contributed by atoms with E-state index < -0.39 is 0 Å². The van der Waals surface area contributed by atoms with Crippen LogP contribution in [0.4, 0.5) is 0 Å². The minimum atomic E-state index is -0.0419. The maximum Gasteiger partial charge on any atom is 0.0448 e.